The van der Waals surface area contributed by atoms with E-state index in [1.807, 2.05) is 45.4 Å². The Kier molecular flexibility index (Phi) is 17.7. The number of hydrogen-bond donors (Lipinski definition) is 3. The van der Waals surface area contributed by atoms with Gasteiger partial charge in [0.25, 0.3) is 0 Å². The van der Waals surface area contributed by atoms with Crippen molar-refractivity contribution in [2.45, 2.75) is 139 Å². The van der Waals surface area contributed by atoms with Gasteiger partial charge in [0, 0.05) is 61.2 Å². The molecule has 0 aromatic rings. The van der Waals surface area contributed by atoms with Crippen LogP contribution >= 0.6 is 33.3 Å². The number of carbonyl (C=O) groups excluding carboxylic acids is 2. The fraction of sp³-hybridized carbons (Fsp3) is 0.700. The number of allylic oxidation sites excluding steroid dienone is 3. The first-order chi connectivity index (χ1) is 25.7. The summed E-state index contributed by atoms with van der Waals surface area (Å²) in [6.07, 6.45) is 13.2. The van der Waals surface area contributed by atoms with Crippen LogP contribution in [0.5, 0.6) is 0 Å². The first-order valence-electron chi connectivity index (χ1n) is 18.9. The number of ketones is 1. The normalized spacial score (nSPS) is 31.2. The highest BCUT2D eigenvalue weighted by Crippen LogP contribution is 2.39. The number of Topliss-reactive ketones (excluding diaryl/α,β-unsaturated/α-hetero) is 1. The van der Waals surface area contributed by atoms with Crippen molar-refractivity contribution in [3.8, 4) is 24.2 Å². The Morgan fingerprint density at radius 2 is 1.83 bits per heavy atom. The lowest BCUT2D eigenvalue weighted by Crippen LogP contribution is -2.56. The summed E-state index contributed by atoms with van der Waals surface area (Å²) >= 11 is 1.80. The summed E-state index contributed by atoms with van der Waals surface area (Å²) in [5.74, 6) is 9.23. The van der Waals surface area contributed by atoms with Crippen molar-refractivity contribution in [2.24, 2.45) is 5.92 Å². The predicted octanol–water partition coefficient (Wildman–Crippen LogP) is 6.00. The standard InChI is InChI=1S/C40H59N3O8S3/c1-10-11-12-13-14-32(49-35-24-31(45)37(27(4)48-35)42-51-34-16-15-33(52-9)26(3)47-34)36-29(25(2)23-30(44)38(36)41-8)19-22-53-54-28-17-20-43(21-18-28)39(46)50-40(5,6)7/h1,11-12,19,25-28,31-35,37,41-42,45H,15-18,20-24H2,2-9H3/b12-11-,29-19-/t25?,26?,27?,31?,32-,33-,34?,35?,37+/m0/s1. The van der Waals surface area contributed by atoms with Gasteiger partial charge in [-0.15, -0.1) is 6.42 Å². The number of thioether (sulfide) groups is 1. The Hall–Kier alpha value is -2.11. The molecule has 0 saturated carbocycles. The highest BCUT2D eigenvalue weighted by molar-refractivity contribution is 8.77. The van der Waals surface area contributed by atoms with Crippen molar-refractivity contribution in [3.05, 3.63) is 35.1 Å². The summed E-state index contributed by atoms with van der Waals surface area (Å²) in [4.78, 5) is 33.6. The van der Waals surface area contributed by atoms with Gasteiger partial charge in [-0.1, -0.05) is 52.3 Å². The number of carbonyl (C=O) groups is 2. The van der Waals surface area contributed by atoms with Gasteiger partial charge < -0.3 is 34.3 Å². The number of aliphatic hydroxyl groups is 1. The molecule has 0 aromatic carbocycles. The molecule has 3 saturated heterocycles. The van der Waals surface area contributed by atoms with Gasteiger partial charge in [-0.05, 0) is 83.8 Å². The molecule has 4 rings (SSSR count). The minimum absolute atomic E-state index is 0.0204. The smallest absolute Gasteiger partial charge is 0.410 e. The molecule has 4 aliphatic rings. The number of hydrogen-bond acceptors (Lipinski definition) is 13. The topological polar surface area (TPSA) is 128 Å². The van der Waals surface area contributed by atoms with Gasteiger partial charge in [-0.25, -0.2) is 4.79 Å². The summed E-state index contributed by atoms with van der Waals surface area (Å²) in [7, 11) is 5.32. The molecule has 1 amide bonds. The molecule has 3 N–H and O–H groups in total. The van der Waals surface area contributed by atoms with E-state index in [9.17, 15) is 14.7 Å². The van der Waals surface area contributed by atoms with E-state index < -0.39 is 42.5 Å². The summed E-state index contributed by atoms with van der Waals surface area (Å²) < 4.78 is 24.5. The predicted molar refractivity (Wildman–Crippen MR) is 218 cm³/mol. The third-order valence-corrected chi connectivity index (χ3v) is 13.8. The molecule has 0 aromatic heterocycles. The van der Waals surface area contributed by atoms with E-state index in [0.717, 1.165) is 31.3 Å². The lowest BCUT2D eigenvalue weighted by atomic mass is 9.79. The zero-order valence-electron chi connectivity index (χ0n) is 32.9. The summed E-state index contributed by atoms with van der Waals surface area (Å²) in [6.45, 7) is 12.9. The van der Waals surface area contributed by atoms with Crippen LogP contribution in [-0.2, 0) is 28.6 Å². The molecule has 3 heterocycles. The van der Waals surface area contributed by atoms with Gasteiger partial charge in [0.1, 0.15) is 11.7 Å². The average Bonchev–Trinajstić information content (AvgIpc) is 3.11. The van der Waals surface area contributed by atoms with Crippen LogP contribution in [-0.4, -0.2) is 113 Å². The molecule has 300 valence electrons. The maximum atomic E-state index is 13.4. The van der Waals surface area contributed by atoms with E-state index in [2.05, 4.69) is 47.8 Å². The number of hydroxylamine groups is 1. The maximum Gasteiger partial charge on any atom is 0.410 e. The van der Waals surface area contributed by atoms with Crippen molar-refractivity contribution in [2.75, 3.05) is 32.1 Å². The first-order valence-corrected chi connectivity index (χ1v) is 22.5. The maximum absolute atomic E-state index is 13.4. The van der Waals surface area contributed by atoms with Crippen LogP contribution in [0.25, 0.3) is 0 Å². The van der Waals surface area contributed by atoms with Crippen molar-refractivity contribution < 1.29 is 38.5 Å². The number of likely N-dealkylation sites (tertiary alicyclic amines) is 1. The number of amides is 1. The number of ether oxygens (including phenoxy) is 4. The van der Waals surface area contributed by atoms with E-state index in [1.165, 1.54) is 6.08 Å². The Labute approximate surface area is 334 Å². The number of likely N-dealkylation sites (N-methyl/N-ethyl adjacent to an activating group) is 1. The largest absolute Gasteiger partial charge is 0.444 e. The van der Waals surface area contributed by atoms with Crippen molar-refractivity contribution in [1.29, 1.82) is 0 Å². The SMILES string of the molecule is C#C/C=C\C#C[C@H](OC1CC(O)[C@H](NOC2CC[C@H](SC)C(C)O2)C(C)O1)C1=C(NC)C(=O)CC(C)/C1=C/CSSC1CCN(C(=O)OC(C)(C)C)CC1. The third kappa shape index (κ3) is 13.0. The number of nitrogens with one attached hydrogen (secondary N) is 2. The monoisotopic (exact) mass is 805 g/mol. The van der Waals surface area contributed by atoms with Crippen LogP contribution in [0.1, 0.15) is 80.1 Å². The molecule has 1 aliphatic carbocycles. The average molecular weight is 806 g/mol. The van der Waals surface area contributed by atoms with E-state index in [0.29, 0.717) is 47.0 Å². The summed E-state index contributed by atoms with van der Waals surface area (Å²) in [5.41, 5.74) is 4.60. The second kappa shape index (κ2) is 21.4. The lowest BCUT2D eigenvalue weighted by molar-refractivity contribution is -0.266. The zero-order chi connectivity index (χ0) is 39.4. The molecule has 14 heteroatoms. The zero-order valence-corrected chi connectivity index (χ0v) is 35.4. The molecule has 3 aliphatic heterocycles. The summed E-state index contributed by atoms with van der Waals surface area (Å²) in [5, 5.41) is 15.3. The van der Waals surface area contributed by atoms with Crippen LogP contribution in [0.3, 0.4) is 0 Å². The summed E-state index contributed by atoms with van der Waals surface area (Å²) in [6, 6.07) is -0.511. The van der Waals surface area contributed by atoms with Crippen LogP contribution in [0, 0.1) is 30.1 Å². The molecular weight excluding hydrogens is 747 g/mol. The van der Waals surface area contributed by atoms with E-state index >= 15 is 0 Å². The third-order valence-electron chi connectivity index (χ3n) is 9.76. The number of nitrogens with zero attached hydrogens (tertiary/aromatic N) is 1. The number of aliphatic hydroxyl groups excluding tert-OH is 1. The van der Waals surface area contributed by atoms with Crippen LogP contribution in [0.2, 0.25) is 0 Å². The number of terminal acetylenes is 1. The van der Waals surface area contributed by atoms with Gasteiger partial charge in [0.2, 0.25) is 0 Å². The quantitative estimate of drug-likeness (QED) is 0.0926. The lowest BCUT2D eigenvalue weighted by Gasteiger charge is -2.41. The molecule has 0 radical (unpaired) electrons. The van der Waals surface area contributed by atoms with Crippen LogP contribution < -0.4 is 10.8 Å². The molecule has 54 heavy (non-hydrogen) atoms. The Balaban J connectivity index is 1.43. The molecule has 9 atom stereocenters. The van der Waals surface area contributed by atoms with Gasteiger partial charge in [0.15, 0.2) is 18.4 Å². The van der Waals surface area contributed by atoms with E-state index in [1.54, 1.807) is 40.6 Å². The van der Waals surface area contributed by atoms with Crippen molar-refractivity contribution in [1.82, 2.24) is 15.7 Å². The van der Waals surface area contributed by atoms with Gasteiger partial charge in [-0.2, -0.15) is 17.2 Å². The van der Waals surface area contributed by atoms with E-state index in [-0.39, 0.29) is 30.3 Å². The Bertz CT molecular complexity index is 1460. The van der Waals surface area contributed by atoms with Gasteiger partial charge in [0.05, 0.1) is 30.1 Å². The first kappa shape index (κ1) is 44.6. The van der Waals surface area contributed by atoms with E-state index in [4.69, 9.17) is 30.2 Å². The highest BCUT2D eigenvalue weighted by atomic mass is 33.1. The molecule has 3 fully saturated rings. The molecular formula is C40H59N3O8S3. The number of rotatable bonds is 12. The minimum Gasteiger partial charge on any atom is -0.444 e. The molecule has 0 spiro atoms. The highest BCUT2D eigenvalue weighted by Gasteiger charge is 2.41. The number of piperidine rings is 1. The second-order valence-electron chi connectivity index (χ2n) is 15.0. The molecule has 0 bridgehead atoms. The van der Waals surface area contributed by atoms with Crippen LogP contribution in [0.4, 0.5) is 4.79 Å². The fourth-order valence-corrected chi connectivity index (χ4v) is 10.3. The van der Waals surface area contributed by atoms with Crippen molar-refractivity contribution >= 4 is 45.2 Å². The Morgan fingerprint density at radius 3 is 2.46 bits per heavy atom. The van der Waals surface area contributed by atoms with Gasteiger partial charge in [-0.3, -0.25) is 9.63 Å². The molecule has 11 nitrogen and oxygen atoms in total. The van der Waals surface area contributed by atoms with Crippen molar-refractivity contribution in [3.63, 3.8) is 0 Å². The Morgan fingerprint density at radius 1 is 1.11 bits per heavy atom. The fourth-order valence-electron chi connectivity index (χ4n) is 6.96. The minimum atomic E-state index is -0.852. The second-order valence-corrected chi connectivity index (χ2v) is 18.8. The van der Waals surface area contributed by atoms with Gasteiger partial charge >= 0.3 is 6.09 Å². The molecule has 6 unspecified atom stereocenters. The van der Waals surface area contributed by atoms with Crippen LogP contribution in [0.15, 0.2) is 35.1 Å².